The zero-order valence-electron chi connectivity index (χ0n) is 8.01. The second-order valence-electron chi connectivity index (χ2n) is 3.47. The van der Waals surface area contributed by atoms with Crippen molar-refractivity contribution >= 4 is 5.97 Å². The molecule has 15 heavy (non-hydrogen) atoms. The molecule has 78 valence electrons. The number of hydrogen-bond acceptors (Lipinski definition) is 3. The first-order valence-corrected chi connectivity index (χ1v) is 4.64. The second kappa shape index (κ2) is 3.68. The van der Waals surface area contributed by atoms with Crippen LogP contribution in [0.25, 0.3) is 0 Å². The Morgan fingerprint density at radius 3 is 2.93 bits per heavy atom. The maximum Gasteiger partial charge on any atom is 0.335 e. The Labute approximate surface area is 86.3 Å². The number of hydrogen-bond donors (Lipinski definition) is 1. The van der Waals surface area contributed by atoms with Crippen LogP contribution in [0.3, 0.4) is 0 Å². The second-order valence-corrected chi connectivity index (χ2v) is 3.47. The Morgan fingerprint density at radius 1 is 1.47 bits per heavy atom. The Bertz CT molecular complexity index is 417. The molecule has 0 aliphatic carbocycles. The van der Waals surface area contributed by atoms with E-state index in [1.807, 2.05) is 6.07 Å². The van der Waals surface area contributed by atoms with Gasteiger partial charge in [0, 0.05) is 6.54 Å². The van der Waals surface area contributed by atoms with E-state index in [2.05, 4.69) is 5.29 Å². The number of carbonyl (C=O) groups is 1. The molecule has 0 saturated heterocycles. The third kappa shape index (κ3) is 1.68. The largest absolute Gasteiger partial charge is 0.478 e. The molecule has 5 nitrogen and oxygen atoms in total. The zero-order chi connectivity index (χ0) is 10.8. The highest BCUT2D eigenvalue weighted by molar-refractivity contribution is 5.89. The van der Waals surface area contributed by atoms with Gasteiger partial charge in [0.15, 0.2) is 0 Å². The highest BCUT2D eigenvalue weighted by Gasteiger charge is 2.20. The molecule has 1 aliphatic rings. The van der Waals surface area contributed by atoms with Crippen molar-refractivity contribution in [3.05, 3.63) is 39.8 Å². The van der Waals surface area contributed by atoms with Gasteiger partial charge in [-0.25, -0.2) is 4.79 Å². The minimum absolute atomic E-state index is 0.332. The van der Waals surface area contributed by atoms with E-state index in [4.69, 9.17) is 5.11 Å². The topological polar surface area (TPSA) is 70.0 Å². The Hall–Kier alpha value is -1.91. The normalized spacial score (nSPS) is 14.5. The molecule has 0 aromatic heterocycles. The Balaban J connectivity index is 2.41. The summed E-state index contributed by atoms with van der Waals surface area (Å²) in [6.45, 7) is 0.890. The summed E-state index contributed by atoms with van der Waals surface area (Å²) < 4.78 is 0. The first-order valence-electron chi connectivity index (χ1n) is 4.64. The monoisotopic (exact) mass is 206 g/mol. The first kappa shape index (κ1) is 9.64. The van der Waals surface area contributed by atoms with E-state index in [1.54, 1.807) is 12.1 Å². The summed E-state index contributed by atoms with van der Waals surface area (Å²) in [6.07, 6.45) is 0.559. The minimum atomic E-state index is -0.917. The van der Waals surface area contributed by atoms with Gasteiger partial charge in [0.05, 0.1) is 17.4 Å². The van der Waals surface area contributed by atoms with Crippen LogP contribution in [0.15, 0.2) is 23.5 Å². The van der Waals surface area contributed by atoms with Crippen LogP contribution in [0.4, 0.5) is 0 Å². The number of fused-ring (bicyclic) bond motifs is 1. The molecular weight excluding hydrogens is 196 g/mol. The van der Waals surface area contributed by atoms with Gasteiger partial charge in [0.25, 0.3) is 0 Å². The lowest BCUT2D eigenvalue weighted by Gasteiger charge is -2.24. The lowest BCUT2D eigenvalue weighted by Crippen LogP contribution is -2.26. The van der Waals surface area contributed by atoms with Gasteiger partial charge in [0.2, 0.25) is 0 Å². The number of nitroso groups, excluding NO2 is 1. The summed E-state index contributed by atoms with van der Waals surface area (Å²) in [7, 11) is 0. The van der Waals surface area contributed by atoms with Gasteiger partial charge in [-0.15, -0.1) is 4.91 Å². The Morgan fingerprint density at radius 2 is 2.27 bits per heavy atom. The number of nitrogens with zero attached hydrogens (tertiary/aromatic N) is 2. The smallest absolute Gasteiger partial charge is 0.335 e. The summed E-state index contributed by atoms with van der Waals surface area (Å²) in [4.78, 5) is 21.3. The highest BCUT2D eigenvalue weighted by Crippen LogP contribution is 2.22. The maximum absolute atomic E-state index is 10.9. The SMILES string of the molecule is O=NN1CCc2c(cccc2C(=O)O)C1. The minimum Gasteiger partial charge on any atom is -0.478 e. The van der Waals surface area contributed by atoms with E-state index in [1.165, 1.54) is 5.01 Å². The van der Waals surface area contributed by atoms with Crippen molar-refractivity contribution in [3.63, 3.8) is 0 Å². The summed E-state index contributed by atoms with van der Waals surface area (Å²) >= 11 is 0. The van der Waals surface area contributed by atoms with Gasteiger partial charge >= 0.3 is 5.97 Å². The Kier molecular flexibility index (Phi) is 2.37. The van der Waals surface area contributed by atoms with Crippen molar-refractivity contribution < 1.29 is 9.90 Å². The van der Waals surface area contributed by atoms with E-state index in [9.17, 15) is 9.70 Å². The van der Waals surface area contributed by atoms with Crippen LogP contribution < -0.4 is 0 Å². The van der Waals surface area contributed by atoms with E-state index in [0.29, 0.717) is 25.1 Å². The molecule has 0 amide bonds. The summed E-state index contributed by atoms with van der Waals surface area (Å²) in [6, 6.07) is 5.11. The fraction of sp³-hybridized carbons (Fsp3) is 0.300. The van der Waals surface area contributed by atoms with Gasteiger partial charge in [0.1, 0.15) is 0 Å². The van der Waals surface area contributed by atoms with Crippen LogP contribution in [0, 0.1) is 4.91 Å². The molecule has 5 heteroatoms. The van der Waals surface area contributed by atoms with Crippen molar-refractivity contribution in [1.29, 1.82) is 0 Å². The molecule has 1 aromatic carbocycles. The standard InChI is InChI=1S/C10H10N2O3/c13-10(14)9-3-1-2-7-6-12(11-15)5-4-8(7)9/h1-3H,4-6H2,(H,13,14). The van der Waals surface area contributed by atoms with Gasteiger partial charge in [-0.05, 0) is 23.6 Å². The number of rotatable bonds is 2. The molecule has 0 unspecified atom stereocenters. The quantitative estimate of drug-likeness (QED) is 0.743. The third-order valence-corrected chi connectivity index (χ3v) is 2.59. The molecule has 0 saturated carbocycles. The molecule has 0 atom stereocenters. The van der Waals surface area contributed by atoms with Crippen LogP contribution in [-0.2, 0) is 13.0 Å². The average Bonchev–Trinajstić information content (AvgIpc) is 2.27. The fourth-order valence-corrected chi connectivity index (χ4v) is 1.86. The van der Waals surface area contributed by atoms with Crippen molar-refractivity contribution in [2.24, 2.45) is 5.29 Å². The summed E-state index contributed by atoms with van der Waals surface area (Å²) in [5.41, 5.74) is 2.03. The molecule has 1 heterocycles. The predicted octanol–water partition coefficient (Wildman–Crippen LogP) is 1.42. The molecule has 2 rings (SSSR count). The van der Waals surface area contributed by atoms with Crippen LogP contribution in [0.5, 0.6) is 0 Å². The van der Waals surface area contributed by atoms with Gasteiger partial charge in [-0.1, -0.05) is 12.1 Å². The molecule has 1 N–H and O–H groups in total. The molecule has 0 bridgehead atoms. The zero-order valence-corrected chi connectivity index (χ0v) is 8.01. The van der Waals surface area contributed by atoms with E-state index in [-0.39, 0.29) is 0 Å². The van der Waals surface area contributed by atoms with Crippen LogP contribution in [0.2, 0.25) is 0 Å². The average molecular weight is 206 g/mol. The van der Waals surface area contributed by atoms with E-state index in [0.717, 1.165) is 11.1 Å². The van der Waals surface area contributed by atoms with Crippen molar-refractivity contribution in [2.45, 2.75) is 13.0 Å². The molecule has 0 radical (unpaired) electrons. The van der Waals surface area contributed by atoms with Gasteiger partial charge in [-0.2, -0.15) is 0 Å². The third-order valence-electron chi connectivity index (χ3n) is 2.59. The highest BCUT2D eigenvalue weighted by atomic mass is 16.4. The number of aromatic carboxylic acids is 1. The first-order chi connectivity index (χ1) is 7.22. The van der Waals surface area contributed by atoms with E-state index < -0.39 is 5.97 Å². The number of carboxylic acids is 1. The maximum atomic E-state index is 10.9. The molecule has 0 spiro atoms. The molecule has 1 aromatic rings. The van der Waals surface area contributed by atoms with Crippen molar-refractivity contribution in [3.8, 4) is 0 Å². The van der Waals surface area contributed by atoms with Crippen molar-refractivity contribution in [2.75, 3.05) is 6.54 Å². The van der Waals surface area contributed by atoms with Crippen LogP contribution >= 0.6 is 0 Å². The number of carboxylic acid groups (broad SMARTS) is 1. The van der Waals surface area contributed by atoms with Gasteiger partial charge in [-0.3, -0.25) is 5.01 Å². The van der Waals surface area contributed by atoms with Crippen molar-refractivity contribution in [1.82, 2.24) is 5.01 Å². The van der Waals surface area contributed by atoms with Gasteiger partial charge < -0.3 is 5.11 Å². The summed E-state index contributed by atoms with van der Waals surface area (Å²) in [5.74, 6) is -0.917. The van der Waals surface area contributed by atoms with Crippen LogP contribution in [0.1, 0.15) is 21.5 Å². The summed E-state index contributed by atoms with van der Waals surface area (Å²) in [5, 5.41) is 13.2. The lowest BCUT2D eigenvalue weighted by molar-refractivity contribution is 0.0694. The van der Waals surface area contributed by atoms with Crippen LogP contribution in [-0.4, -0.2) is 22.6 Å². The molecular formula is C10H10N2O3. The molecule has 0 fully saturated rings. The fourth-order valence-electron chi connectivity index (χ4n) is 1.86. The lowest BCUT2D eigenvalue weighted by atomic mass is 9.95. The predicted molar refractivity (Wildman–Crippen MR) is 53.3 cm³/mol. The molecule has 1 aliphatic heterocycles. The number of benzene rings is 1. The van der Waals surface area contributed by atoms with E-state index >= 15 is 0 Å².